The molecule has 1 aromatic heterocycles. The van der Waals surface area contributed by atoms with Crippen molar-refractivity contribution in [2.24, 2.45) is 5.92 Å². The summed E-state index contributed by atoms with van der Waals surface area (Å²) in [4.78, 5) is 39.1. The van der Waals surface area contributed by atoms with Gasteiger partial charge in [-0.25, -0.2) is 0 Å². The molecular weight excluding hydrogens is 430 g/mol. The number of pyridine rings is 1. The number of aliphatic hydroxyl groups excluding tert-OH is 1. The second kappa shape index (κ2) is 11.2. The summed E-state index contributed by atoms with van der Waals surface area (Å²) in [5, 5.41) is 14.6. The number of amides is 2. The van der Waals surface area contributed by atoms with Gasteiger partial charge in [0.25, 0.3) is 5.91 Å². The topological polar surface area (TPSA) is 128 Å². The van der Waals surface area contributed by atoms with E-state index in [1.165, 1.54) is 6.20 Å². The Labute approximate surface area is 191 Å². The zero-order valence-corrected chi connectivity index (χ0v) is 19.2. The third-order valence-electron chi connectivity index (χ3n) is 5.72. The van der Waals surface area contributed by atoms with Gasteiger partial charge in [0, 0.05) is 25.4 Å². The number of carbonyl (C=O) groups excluding carboxylic acids is 2. The van der Waals surface area contributed by atoms with Gasteiger partial charge < -0.3 is 34.5 Å². The maximum atomic E-state index is 13.2. The van der Waals surface area contributed by atoms with E-state index >= 15 is 0 Å². The van der Waals surface area contributed by atoms with Gasteiger partial charge in [0.2, 0.25) is 18.1 Å². The van der Waals surface area contributed by atoms with Crippen LogP contribution in [-0.2, 0) is 16.1 Å². The molecular formula is C23H31N3O7. The number of nitrogens with zero attached hydrogens (tertiary/aromatic N) is 1. The second-order valence-electron chi connectivity index (χ2n) is 7.84. The van der Waals surface area contributed by atoms with Gasteiger partial charge in [-0.15, -0.1) is 0 Å². The summed E-state index contributed by atoms with van der Waals surface area (Å²) in [5.74, 6) is -0.114. The molecule has 33 heavy (non-hydrogen) atoms. The Morgan fingerprint density at radius 1 is 1.21 bits per heavy atom. The van der Waals surface area contributed by atoms with Crippen molar-refractivity contribution in [3.05, 3.63) is 34.1 Å². The molecule has 10 heteroatoms. The highest BCUT2D eigenvalue weighted by Crippen LogP contribution is 2.35. The van der Waals surface area contributed by atoms with Crippen molar-refractivity contribution in [1.29, 1.82) is 0 Å². The van der Waals surface area contributed by atoms with Gasteiger partial charge in [0.1, 0.15) is 11.6 Å². The average Bonchev–Trinajstić information content (AvgIpc) is 3.28. The standard InChI is InChI=1S/C23H31N3O7/c1-4-14(3)20(23(30)24-6-8-31-9-7-27)25-22(29)16-12-26(5-2)17-11-19-18(32-13-33-19)10-15(17)21(16)28/h10-12,14,20,27H,4-9,13H2,1-3H3,(H,24,30)(H,25,29)/t14-,20+/m1/s1. The van der Waals surface area contributed by atoms with E-state index in [4.69, 9.17) is 19.3 Å². The normalized spacial score (nSPS) is 14.2. The maximum absolute atomic E-state index is 13.2. The van der Waals surface area contributed by atoms with Gasteiger partial charge in [-0.05, 0) is 18.9 Å². The van der Waals surface area contributed by atoms with Gasteiger partial charge in [-0.1, -0.05) is 20.3 Å². The van der Waals surface area contributed by atoms with Gasteiger partial charge in [-0.2, -0.15) is 0 Å². The third kappa shape index (κ3) is 5.45. The molecule has 2 amide bonds. The summed E-state index contributed by atoms with van der Waals surface area (Å²) in [7, 11) is 0. The molecule has 0 fully saturated rings. The molecule has 3 rings (SSSR count). The minimum absolute atomic E-state index is 0.0457. The lowest BCUT2D eigenvalue weighted by Gasteiger charge is -2.24. The number of aliphatic hydroxyl groups is 1. The molecule has 0 bridgehead atoms. The molecule has 1 aromatic carbocycles. The van der Waals surface area contributed by atoms with Crippen LogP contribution in [0.5, 0.6) is 11.5 Å². The zero-order valence-electron chi connectivity index (χ0n) is 19.2. The minimum Gasteiger partial charge on any atom is -0.454 e. The number of aryl methyl sites for hydroxylation is 1. The fourth-order valence-corrected chi connectivity index (χ4v) is 3.65. The van der Waals surface area contributed by atoms with Crippen LogP contribution in [0.3, 0.4) is 0 Å². The molecule has 0 aliphatic carbocycles. The molecule has 2 heterocycles. The molecule has 10 nitrogen and oxygen atoms in total. The number of benzene rings is 1. The molecule has 1 aliphatic heterocycles. The van der Waals surface area contributed by atoms with Crippen molar-refractivity contribution >= 4 is 22.7 Å². The lowest BCUT2D eigenvalue weighted by molar-refractivity contribution is -0.124. The van der Waals surface area contributed by atoms with Crippen LogP contribution in [-0.4, -0.2) is 60.7 Å². The van der Waals surface area contributed by atoms with Gasteiger partial charge in [-0.3, -0.25) is 14.4 Å². The Kier molecular flexibility index (Phi) is 8.29. The number of fused-ring (bicyclic) bond motifs is 2. The Morgan fingerprint density at radius 2 is 1.94 bits per heavy atom. The maximum Gasteiger partial charge on any atom is 0.257 e. The van der Waals surface area contributed by atoms with Crippen molar-refractivity contribution in [2.45, 2.75) is 39.8 Å². The molecule has 180 valence electrons. The highest BCUT2D eigenvalue weighted by Gasteiger charge is 2.28. The first kappa shape index (κ1) is 24.5. The lowest BCUT2D eigenvalue weighted by atomic mass is 9.97. The summed E-state index contributed by atoms with van der Waals surface area (Å²) in [6.45, 7) is 6.88. The van der Waals surface area contributed by atoms with E-state index in [1.807, 2.05) is 20.8 Å². The van der Waals surface area contributed by atoms with Crippen molar-refractivity contribution in [3.8, 4) is 11.5 Å². The van der Waals surface area contributed by atoms with Crippen LogP contribution in [0.15, 0.2) is 23.1 Å². The largest absolute Gasteiger partial charge is 0.454 e. The first-order valence-corrected chi connectivity index (χ1v) is 11.1. The van der Waals surface area contributed by atoms with E-state index in [0.717, 1.165) is 0 Å². The fourth-order valence-electron chi connectivity index (χ4n) is 3.65. The number of aromatic nitrogens is 1. The van der Waals surface area contributed by atoms with Crippen LogP contribution in [0.1, 0.15) is 37.6 Å². The van der Waals surface area contributed by atoms with Crippen LogP contribution in [0.25, 0.3) is 10.9 Å². The van der Waals surface area contributed by atoms with Gasteiger partial charge in [0.05, 0.1) is 30.7 Å². The van der Waals surface area contributed by atoms with Gasteiger partial charge >= 0.3 is 0 Å². The number of hydrogen-bond acceptors (Lipinski definition) is 7. The molecule has 0 spiro atoms. The van der Waals surface area contributed by atoms with E-state index in [1.54, 1.807) is 16.7 Å². The zero-order chi connectivity index (χ0) is 24.0. The average molecular weight is 462 g/mol. The van der Waals surface area contributed by atoms with Crippen LogP contribution in [0.4, 0.5) is 0 Å². The first-order valence-electron chi connectivity index (χ1n) is 11.1. The summed E-state index contributed by atoms with van der Waals surface area (Å²) >= 11 is 0. The first-order chi connectivity index (χ1) is 15.9. The van der Waals surface area contributed by atoms with Crippen LogP contribution in [0.2, 0.25) is 0 Å². The molecule has 0 saturated carbocycles. The van der Waals surface area contributed by atoms with Crippen LogP contribution >= 0.6 is 0 Å². The number of ether oxygens (including phenoxy) is 3. The lowest BCUT2D eigenvalue weighted by Crippen LogP contribution is -2.51. The molecule has 3 N–H and O–H groups in total. The Bertz CT molecular complexity index is 1070. The van der Waals surface area contributed by atoms with Crippen LogP contribution < -0.4 is 25.5 Å². The molecule has 0 saturated heterocycles. The highest BCUT2D eigenvalue weighted by atomic mass is 16.7. The smallest absolute Gasteiger partial charge is 0.257 e. The van der Waals surface area contributed by atoms with E-state index in [-0.39, 0.29) is 50.5 Å². The summed E-state index contributed by atoms with van der Waals surface area (Å²) < 4.78 is 17.7. The Balaban J connectivity index is 1.85. The predicted octanol–water partition coefficient (Wildman–Crippen LogP) is 1.02. The molecule has 0 unspecified atom stereocenters. The number of carbonyl (C=O) groups is 2. The summed E-state index contributed by atoms with van der Waals surface area (Å²) in [6, 6.07) is 2.51. The number of rotatable bonds is 11. The minimum atomic E-state index is -0.817. The second-order valence-corrected chi connectivity index (χ2v) is 7.84. The predicted molar refractivity (Wildman–Crippen MR) is 122 cm³/mol. The van der Waals surface area contributed by atoms with E-state index in [9.17, 15) is 14.4 Å². The van der Waals surface area contributed by atoms with Crippen molar-refractivity contribution in [1.82, 2.24) is 15.2 Å². The summed E-state index contributed by atoms with van der Waals surface area (Å²) in [6.07, 6.45) is 2.16. The summed E-state index contributed by atoms with van der Waals surface area (Å²) in [5.41, 5.74) is 0.157. The monoisotopic (exact) mass is 461 g/mol. The quantitative estimate of drug-likeness (QED) is 0.426. The van der Waals surface area contributed by atoms with Gasteiger partial charge in [0.15, 0.2) is 11.5 Å². The highest BCUT2D eigenvalue weighted by molar-refractivity contribution is 6.00. The number of hydrogen-bond donors (Lipinski definition) is 3. The van der Waals surface area contributed by atoms with E-state index in [2.05, 4.69) is 10.6 Å². The Morgan fingerprint density at radius 3 is 2.61 bits per heavy atom. The van der Waals surface area contributed by atoms with E-state index in [0.29, 0.717) is 35.4 Å². The molecule has 1 aliphatic rings. The SMILES string of the molecule is CC[C@@H](C)[C@H](NC(=O)c1cn(CC)c2cc3c(cc2c1=O)OCO3)C(=O)NCCOCCO. The number of nitrogens with one attached hydrogen (secondary N) is 2. The van der Waals surface area contributed by atoms with E-state index < -0.39 is 17.4 Å². The molecule has 0 radical (unpaired) electrons. The van der Waals surface area contributed by atoms with Crippen LogP contribution in [0, 0.1) is 5.92 Å². The Hall–Kier alpha value is -3.11. The molecule has 2 atom stereocenters. The fraction of sp³-hybridized carbons (Fsp3) is 0.522. The molecule has 2 aromatic rings. The third-order valence-corrected chi connectivity index (χ3v) is 5.72. The van der Waals surface area contributed by atoms with Crippen molar-refractivity contribution in [2.75, 3.05) is 33.2 Å². The van der Waals surface area contributed by atoms with Crippen molar-refractivity contribution in [3.63, 3.8) is 0 Å². The van der Waals surface area contributed by atoms with Crippen molar-refractivity contribution < 1.29 is 28.9 Å².